The number of ether oxygens (including phenoxy) is 3. The van der Waals surface area contributed by atoms with E-state index >= 15 is 0 Å². The molecule has 2 N–H and O–H groups in total. The molecule has 4 unspecified atom stereocenters. The van der Waals surface area contributed by atoms with E-state index in [0.717, 1.165) is 0 Å². The van der Waals surface area contributed by atoms with E-state index in [-0.39, 0.29) is 12.8 Å². The molecule has 1 aliphatic heterocycles. The number of carbonyl (C=O) groups excluding carboxylic acids is 1. The van der Waals surface area contributed by atoms with Gasteiger partial charge in [-0.2, -0.15) is 0 Å². The molecule has 0 bridgehead atoms. The largest absolute Gasteiger partial charge is 0.467 e. The van der Waals surface area contributed by atoms with Gasteiger partial charge in [0.1, 0.15) is 6.10 Å². The second-order valence-electron chi connectivity index (χ2n) is 5.14. The van der Waals surface area contributed by atoms with Crippen molar-refractivity contribution in [3.63, 3.8) is 0 Å². The smallest absolute Gasteiger partial charge is 0.338 e. The molecule has 4 atom stereocenters. The van der Waals surface area contributed by atoms with E-state index in [2.05, 4.69) is 4.74 Å². The zero-order valence-electron chi connectivity index (χ0n) is 10.2. The van der Waals surface area contributed by atoms with E-state index in [0.29, 0.717) is 0 Å². The van der Waals surface area contributed by atoms with Gasteiger partial charge < -0.3 is 24.4 Å². The highest BCUT2D eigenvalue weighted by Gasteiger charge is 2.56. The van der Waals surface area contributed by atoms with Crippen LogP contribution in [0.25, 0.3) is 0 Å². The number of aliphatic hydroxyl groups excluding tert-OH is 1. The normalized spacial score (nSPS) is 44.2. The molecule has 17 heavy (non-hydrogen) atoms. The molecule has 2 aliphatic rings. The number of methoxy groups -OCH3 is 1. The Morgan fingerprint density at radius 1 is 1.35 bits per heavy atom. The van der Waals surface area contributed by atoms with Crippen LogP contribution in [0.1, 0.15) is 26.7 Å². The van der Waals surface area contributed by atoms with Crippen molar-refractivity contribution in [2.45, 2.75) is 56.4 Å². The summed E-state index contributed by atoms with van der Waals surface area (Å²) in [7, 11) is 1.20. The van der Waals surface area contributed by atoms with Gasteiger partial charge in [-0.15, -0.1) is 0 Å². The van der Waals surface area contributed by atoms with Crippen molar-refractivity contribution in [1.82, 2.24) is 0 Å². The van der Waals surface area contributed by atoms with Gasteiger partial charge in [-0.25, -0.2) is 4.79 Å². The summed E-state index contributed by atoms with van der Waals surface area (Å²) in [6.45, 7) is 3.46. The summed E-state index contributed by atoms with van der Waals surface area (Å²) in [6.07, 6.45) is -1.97. The Bertz CT molecular complexity index is 328. The molecule has 98 valence electrons. The first-order valence-electron chi connectivity index (χ1n) is 5.62. The lowest BCUT2D eigenvalue weighted by atomic mass is 9.80. The van der Waals surface area contributed by atoms with E-state index in [4.69, 9.17) is 9.47 Å². The molecule has 6 nitrogen and oxygen atoms in total. The molecule has 0 aromatic rings. The molecule has 1 saturated carbocycles. The molecule has 1 heterocycles. The van der Waals surface area contributed by atoms with Gasteiger partial charge in [0.15, 0.2) is 11.4 Å². The fourth-order valence-electron chi connectivity index (χ4n) is 2.58. The predicted octanol–water partition coefficient (Wildman–Crippen LogP) is -0.435. The molecular formula is C11H18O6. The third-order valence-corrected chi connectivity index (χ3v) is 3.25. The standard InChI is InChI=1S/C11H18O6/c1-10(2)16-7-5-11(14,9(13)15-3)4-6(12)8(7)17-10/h6-8,12,14H,4-5H2,1-3H3. The van der Waals surface area contributed by atoms with Crippen molar-refractivity contribution < 1.29 is 29.2 Å². The van der Waals surface area contributed by atoms with Crippen molar-refractivity contribution in [1.29, 1.82) is 0 Å². The SMILES string of the molecule is COC(=O)C1(O)CC(O)C2OC(C)(C)OC2C1. The lowest BCUT2D eigenvalue weighted by Gasteiger charge is -2.37. The third kappa shape index (κ3) is 2.18. The summed E-state index contributed by atoms with van der Waals surface area (Å²) >= 11 is 0. The second kappa shape index (κ2) is 3.91. The van der Waals surface area contributed by atoms with Gasteiger partial charge in [0.25, 0.3) is 0 Å². The number of hydrogen-bond acceptors (Lipinski definition) is 6. The fraction of sp³-hybridized carbons (Fsp3) is 0.909. The highest BCUT2D eigenvalue weighted by molar-refractivity contribution is 5.79. The average Bonchev–Trinajstić information content (AvgIpc) is 2.51. The first-order valence-corrected chi connectivity index (χ1v) is 5.62. The second-order valence-corrected chi connectivity index (χ2v) is 5.14. The highest BCUT2D eigenvalue weighted by atomic mass is 16.8. The molecule has 0 spiro atoms. The molecule has 1 aliphatic carbocycles. The van der Waals surface area contributed by atoms with Crippen LogP contribution in [-0.4, -0.2) is 53.0 Å². The van der Waals surface area contributed by atoms with Crippen LogP contribution < -0.4 is 0 Å². The van der Waals surface area contributed by atoms with Gasteiger partial charge >= 0.3 is 5.97 Å². The molecule has 1 saturated heterocycles. The van der Waals surface area contributed by atoms with Crippen LogP contribution in [0.15, 0.2) is 0 Å². The maximum Gasteiger partial charge on any atom is 0.338 e. The van der Waals surface area contributed by atoms with Crippen molar-refractivity contribution in [3.05, 3.63) is 0 Å². The van der Waals surface area contributed by atoms with Crippen molar-refractivity contribution in [3.8, 4) is 0 Å². The zero-order valence-corrected chi connectivity index (χ0v) is 10.2. The Hall–Kier alpha value is -0.690. The monoisotopic (exact) mass is 246 g/mol. The van der Waals surface area contributed by atoms with E-state index in [9.17, 15) is 15.0 Å². The van der Waals surface area contributed by atoms with Crippen LogP contribution in [0.2, 0.25) is 0 Å². The van der Waals surface area contributed by atoms with Crippen LogP contribution in [-0.2, 0) is 19.0 Å². The van der Waals surface area contributed by atoms with E-state index in [1.165, 1.54) is 7.11 Å². The molecular weight excluding hydrogens is 228 g/mol. The van der Waals surface area contributed by atoms with Gasteiger partial charge in [-0.3, -0.25) is 0 Å². The minimum Gasteiger partial charge on any atom is -0.467 e. The summed E-state index contributed by atoms with van der Waals surface area (Å²) in [6, 6.07) is 0. The third-order valence-electron chi connectivity index (χ3n) is 3.25. The number of fused-ring (bicyclic) bond motifs is 1. The van der Waals surface area contributed by atoms with Crippen molar-refractivity contribution in [2.24, 2.45) is 0 Å². The van der Waals surface area contributed by atoms with E-state index in [1.54, 1.807) is 13.8 Å². The minimum absolute atomic E-state index is 0.0742. The van der Waals surface area contributed by atoms with Crippen LogP contribution >= 0.6 is 0 Å². The predicted molar refractivity (Wildman–Crippen MR) is 56.0 cm³/mol. The number of esters is 1. The van der Waals surface area contributed by atoms with Gasteiger partial charge in [-0.1, -0.05) is 0 Å². The lowest BCUT2D eigenvalue weighted by Crippen LogP contribution is -2.55. The summed E-state index contributed by atoms with van der Waals surface area (Å²) in [4.78, 5) is 11.5. The average molecular weight is 246 g/mol. The number of rotatable bonds is 1. The summed E-state index contributed by atoms with van der Waals surface area (Å²) in [5, 5.41) is 20.1. The highest BCUT2D eigenvalue weighted by Crippen LogP contribution is 2.41. The number of carbonyl (C=O) groups is 1. The summed E-state index contributed by atoms with van der Waals surface area (Å²) < 4.78 is 15.6. The van der Waals surface area contributed by atoms with E-state index < -0.39 is 35.7 Å². The quantitative estimate of drug-likeness (QED) is 0.610. The Kier molecular flexibility index (Phi) is 2.94. The zero-order chi connectivity index (χ0) is 12.8. The molecule has 2 fully saturated rings. The minimum atomic E-state index is -1.70. The Balaban J connectivity index is 2.18. The van der Waals surface area contributed by atoms with Gasteiger partial charge in [0, 0.05) is 12.8 Å². The maximum absolute atomic E-state index is 11.5. The van der Waals surface area contributed by atoms with Crippen LogP contribution in [0.4, 0.5) is 0 Å². The molecule has 0 aromatic carbocycles. The van der Waals surface area contributed by atoms with E-state index in [1.807, 2.05) is 0 Å². The first kappa shape index (κ1) is 12.8. The number of aliphatic hydroxyl groups is 2. The topological polar surface area (TPSA) is 85.2 Å². The molecule has 0 amide bonds. The first-order chi connectivity index (χ1) is 7.77. The summed E-state index contributed by atoms with van der Waals surface area (Å²) in [5.74, 6) is -1.55. The number of hydrogen-bond donors (Lipinski definition) is 2. The Morgan fingerprint density at radius 3 is 2.59 bits per heavy atom. The maximum atomic E-state index is 11.5. The van der Waals surface area contributed by atoms with Crippen molar-refractivity contribution in [2.75, 3.05) is 7.11 Å². The lowest BCUT2D eigenvalue weighted by molar-refractivity contribution is -0.179. The Labute approximate surface area is 99.5 Å². The Morgan fingerprint density at radius 2 is 2.00 bits per heavy atom. The molecule has 6 heteroatoms. The van der Waals surface area contributed by atoms with Gasteiger partial charge in [-0.05, 0) is 13.8 Å². The van der Waals surface area contributed by atoms with Gasteiger partial charge in [0.05, 0.1) is 19.3 Å². The van der Waals surface area contributed by atoms with Crippen molar-refractivity contribution >= 4 is 5.97 Å². The molecule has 2 rings (SSSR count). The molecule has 0 aromatic heterocycles. The van der Waals surface area contributed by atoms with Crippen LogP contribution in [0.3, 0.4) is 0 Å². The summed E-state index contributed by atoms with van der Waals surface area (Å²) in [5.41, 5.74) is -1.70. The van der Waals surface area contributed by atoms with Crippen LogP contribution in [0.5, 0.6) is 0 Å². The molecule has 0 radical (unpaired) electrons. The van der Waals surface area contributed by atoms with Crippen LogP contribution in [0, 0.1) is 0 Å². The fourth-order valence-corrected chi connectivity index (χ4v) is 2.58. The van der Waals surface area contributed by atoms with Gasteiger partial charge in [0.2, 0.25) is 0 Å².